The van der Waals surface area contributed by atoms with Gasteiger partial charge in [-0.2, -0.15) is 13.2 Å². The fraction of sp³-hybridized carbons (Fsp3) is 0.0526. The van der Waals surface area contributed by atoms with E-state index in [0.29, 0.717) is 27.8 Å². The Morgan fingerprint density at radius 1 is 0.885 bits per heavy atom. The van der Waals surface area contributed by atoms with E-state index in [2.05, 4.69) is 15.3 Å². The minimum Gasteiger partial charge on any atom is -0.355 e. The standard InChI is InChI=1S/C19H12F3N3O/c20-19(21,22)11-3-1-4-12(9-11)24-13-6-7-15-16(10-13)14-5-2-8-23-17(14)25-18(15)26/h1-10,24H,(H,23,25,26). The van der Waals surface area contributed by atoms with Gasteiger partial charge >= 0.3 is 6.18 Å². The van der Waals surface area contributed by atoms with Crippen LogP contribution in [-0.2, 0) is 6.18 Å². The van der Waals surface area contributed by atoms with Gasteiger partial charge in [0.2, 0.25) is 0 Å². The van der Waals surface area contributed by atoms with E-state index in [1.165, 1.54) is 6.07 Å². The summed E-state index contributed by atoms with van der Waals surface area (Å²) in [6.45, 7) is 0. The maximum Gasteiger partial charge on any atom is 0.416 e. The number of H-pyrrole nitrogens is 1. The third kappa shape index (κ3) is 2.88. The molecule has 0 saturated heterocycles. The van der Waals surface area contributed by atoms with Crippen molar-refractivity contribution in [3.63, 3.8) is 0 Å². The van der Waals surface area contributed by atoms with E-state index in [0.717, 1.165) is 17.5 Å². The van der Waals surface area contributed by atoms with Crippen LogP contribution in [-0.4, -0.2) is 9.97 Å². The molecule has 0 spiro atoms. The van der Waals surface area contributed by atoms with Crippen molar-refractivity contribution >= 4 is 33.2 Å². The van der Waals surface area contributed by atoms with Crippen LogP contribution in [0.2, 0.25) is 0 Å². The molecule has 0 fully saturated rings. The number of alkyl halides is 3. The van der Waals surface area contributed by atoms with Crippen molar-refractivity contribution in [2.45, 2.75) is 6.18 Å². The van der Waals surface area contributed by atoms with E-state index in [9.17, 15) is 18.0 Å². The molecule has 0 amide bonds. The second-order valence-electron chi connectivity index (χ2n) is 5.82. The Hall–Kier alpha value is -3.35. The molecule has 0 aliphatic carbocycles. The van der Waals surface area contributed by atoms with Crippen molar-refractivity contribution in [1.29, 1.82) is 0 Å². The largest absolute Gasteiger partial charge is 0.416 e. The number of aromatic nitrogens is 2. The topological polar surface area (TPSA) is 57.8 Å². The number of halogens is 3. The molecular weight excluding hydrogens is 343 g/mol. The second kappa shape index (κ2) is 5.87. The Bertz CT molecular complexity index is 1180. The van der Waals surface area contributed by atoms with Crippen molar-refractivity contribution < 1.29 is 13.2 Å². The molecule has 2 N–H and O–H groups in total. The smallest absolute Gasteiger partial charge is 0.355 e. The molecule has 4 nitrogen and oxygen atoms in total. The van der Waals surface area contributed by atoms with Gasteiger partial charge in [0.15, 0.2) is 0 Å². The predicted molar refractivity (Wildman–Crippen MR) is 94.6 cm³/mol. The highest BCUT2D eigenvalue weighted by Crippen LogP contribution is 2.32. The number of hydrogen-bond donors (Lipinski definition) is 2. The van der Waals surface area contributed by atoms with Crippen LogP contribution in [0.15, 0.2) is 65.6 Å². The van der Waals surface area contributed by atoms with Crippen molar-refractivity contribution in [3.8, 4) is 0 Å². The Kier molecular flexibility index (Phi) is 3.64. The lowest BCUT2D eigenvalue weighted by Crippen LogP contribution is -2.07. The van der Waals surface area contributed by atoms with Crippen LogP contribution in [0.25, 0.3) is 21.8 Å². The van der Waals surface area contributed by atoms with Gasteiger partial charge in [-0.15, -0.1) is 0 Å². The van der Waals surface area contributed by atoms with E-state index in [1.807, 2.05) is 6.07 Å². The number of nitrogens with one attached hydrogen (secondary N) is 2. The normalized spacial score (nSPS) is 11.8. The SMILES string of the molecule is O=c1[nH]c2ncccc2c2cc(Nc3cccc(C(F)(F)F)c3)ccc12. The van der Waals surface area contributed by atoms with E-state index in [1.54, 1.807) is 36.5 Å². The Morgan fingerprint density at radius 3 is 2.50 bits per heavy atom. The number of nitrogens with zero attached hydrogens (tertiary/aromatic N) is 1. The van der Waals surface area contributed by atoms with Gasteiger partial charge in [0.25, 0.3) is 5.56 Å². The number of anilines is 2. The molecule has 2 aromatic carbocycles. The molecule has 2 aromatic heterocycles. The van der Waals surface area contributed by atoms with Gasteiger partial charge in [0.05, 0.1) is 5.56 Å². The Balaban J connectivity index is 1.81. The minimum absolute atomic E-state index is 0.267. The first-order chi connectivity index (χ1) is 12.4. The highest BCUT2D eigenvalue weighted by Gasteiger charge is 2.30. The van der Waals surface area contributed by atoms with Gasteiger partial charge in [-0.1, -0.05) is 6.07 Å². The molecule has 2 heterocycles. The van der Waals surface area contributed by atoms with Gasteiger partial charge in [-0.05, 0) is 48.5 Å². The predicted octanol–water partition coefficient (Wildman–Crippen LogP) is 4.84. The third-order valence-corrected chi connectivity index (χ3v) is 4.07. The molecule has 0 aliphatic rings. The lowest BCUT2D eigenvalue weighted by molar-refractivity contribution is -0.137. The van der Waals surface area contributed by atoms with Crippen molar-refractivity contribution in [2.75, 3.05) is 5.32 Å². The number of fused-ring (bicyclic) bond motifs is 3. The van der Waals surface area contributed by atoms with Crippen LogP contribution in [0, 0.1) is 0 Å². The number of hydrogen-bond acceptors (Lipinski definition) is 3. The summed E-state index contributed by atoms with van der Waals surface area (Å²) in [5, 5.41) is 4.88. The average Bonchev–Trinajstić information content (AvgIpc) is 2.61. The summed E-state index contributed by atoms with van der Waals surface area (Å²) < 4.78 is 38.6. The van der Waals surface area contributed by atoms with E-state index >= 15 is 0 Å². The number of benzene rings is 2. The summed E-state index contributed by atoms with van der Waals surface area (Å²) in [5.74, 6) is 0. The molecule has 0 saturated carbocycles. The lowest BCUT2D eigenvalue weighted by Gasteiger charge is -2.11. The Labute approximate surface area is 145 Å². The van der Waals surface area contributed by atoms with Crippen LogP contribution >= 0.6 is 0 Å². The lowest BCUT2D eigenvalue weighted by atomic mass is 10.1. The molecule has 0 atom stereocenters. The Morgan fingerprint density at radius 2 is 1.69 bits per heavy atom. The van der Waals surface area contributed by atoms with Crippen LogP contribution < -0.4 is 10.9 Å². The highest BCUT2D eigenvalue weighted by molar-refractivity contribution is 6.05. The first kappa shape index (κ1) is 16.1. The molecule has 0 aliphatic heterocycles. The molecule has 0 unspecified atom stereocenters. The van der Waals surface area contributed by atoms with E-state index in [4.69, 9.17) is 0 Å². The van der Waals surface area contributed by atoms with Crippen LogP contribution in [0.5, 0.6) is 0 Å². The molecule has 0 radical (unpaired) electrons. The highest BCUT2D eigenvalue weighted by atomic mass is 19.4. The zero-order chi connectivity index (χ0) is 18.3. The zero-order valence-electron chi connectivity index (χ0n) is 13.3. The summed E-state index contributed by atoms with van der Waals surface area (Å²) in [7, 11) is 0. The van der Waals surface area contributed by atoms with Crippen molar-refractivity contribution in [2.24, 2.45) is 0 Å². The third-order valence-electron chi connectivity index (χ3n) is 4.07. The average molecular weight is 355 g/mol. The van der Waals surface area contributed by atoms with E-state index < -0.39 is 11.7 Å². The maximum atomic E-state index is 12.9. The number of aromatic amines is 1. The van der Waals surface area contributed by atoms with Crippen molar-refractivity contribution in [1.82, 2.24) is 9.97 Å². The zero-order valence-corrected chi connectivity index (χ0v) is 13.3. The quantitative estimate of drug-likeness (QED) is 0.506. The van der Waals surface area contributed by atoms with Crippen molar-refractivity contribution in [3.05, 3.63) is 76.7 Å². The summed E-state index contributed by atoms with van der Waals surface area (Å²) in [5.41, 5.74) is 0.353. The first-order valence-electron chi connectivity index (χ1n) is 7.77. The molecule has 26 heavy (non-hydrogen) atoms. The number of pyridine rings is 2. The monoisotopic (exact) mass is 355 g/mol. The van der Waals surface area contributed by atoms with Gasteiger partial charge in [-0.3, -0.25) is 4.79 Å². The molecule has 7 heteroatoms. The van der Waals surface area contributed by atoms with Gasteiger partial charge in [0.1, 0.15) is 5.65 Å². The fourth-order valence-corrected chi connectivity index (χ4v) is 2.88. The molecule has 4 aromatic rings. The summed E-state index contributed by atoms with van der Waals surface area (Å²) in [4.78, 5) is 19.0. The van der Waals surface area contributed by atoms with Crippen LogP contribution in [0.4, 0.5) is 24.5 Å². The van der Waals surface area contributed by atoms with E-state index in [-0.39, 0.29) is 5.56 Å². The molecule has 130 valence electrons. The van der Waals surface area contributed by atoms with Crippen LogP contribution in [0.3, 0.4) is 0 Å². The first-order valence-corrected chi connectivity index (χ1v) is 7.77. The van der Waals surface area contributed by atoms with Crippen LogP contribution in [0.1, 0.15) is 5.56 Å². The van der Waals surface area contributed by atoms with Gasteiger partial charge < -0.3 is 10.3 Å². The maximum absolute atomic E-state index is 12.9. The second-order valence-corrected chi connectivity index (χ2v) is 5.82. The summed E-state index contributed by atoms with van der Waals surface area (Å²) in [6, 6.07) is 13.6. The molecule has 4 rings (SSSR count). The van der Waals surface area contributed by atoms with Gasteiger partial charge in [0, 0.05) is 33.7 Å². The fourth-order valence-electron chi connectivity index (χ4n) is 2.88. The minimum atomic E-state index is -4.41. The molecular formula is C19H12F3N3O. The summed E-state index contributed by atoms with van der Waals surface area (Å²) in [6.07, 6.45) is -2.83. The van der Waals surface area contributed by atoms with Gasteiger partial charge in [-0.25, -0.2) is 4.98 Å². The number of rotatable bonds is 2. The summed E-state index contributed by atoms with van der Waals surface area (Å²) >= 11 is 0. The molecule has 0 bridgehead atoms.